The summed E-state index contributed by atoms with van der Waals surface area (Å²) in [7, 11) is -0.441. The van der Waals surface area contributed by atoms with E-state index in [4.69, 9.17) is 14.0 Å². The lowest BCUT2D eigenvalue weighted by atomic mass is 9.80. The number of nitrogens with zero attached hydrogens (tertiary/aromatic N) is 3. The zero-order valence-electron chi connectivity index (χ0n) is 16.0. The standard InChI is InChI=1S/C19H26BN3O3/c1-6-15-14-11-13(20-25-18(2,3)19(4,5)26-20)12-21-17(14)23(22-15)16-9-7-8-10-24-16/h6,11-12,16H,1,7-10H2,2-5H3. The zero-order valence-corrected chi connectivity index (χ0v) is 16.0. The van der Waals surface area contributed by atoms with Crippen molar-refractivity contribution < 1.29 is 14.0 Å². The number of fused-ring (bicyclic) bond motifs is 1. The summed E-state index contributed by atoms with van der Waals surface area (Å²) in [5.41, 5.74) is 1.75. The van der Waals surface area contributed by atoms with E-state index >= 15 is 0 Å². The van der Waals surface area contributed by atoms with Crippen molar-refractivity contribution in [3.05, 3.63) is 24.5 Å². The van der Waals surface area contributed by atoms with Crippen LogP contribution in [-0.4, -0.2) is 39.7 Å². The van der Waals surface area contributed by atoms with E-state index in [-0.39, 0.29) is 17.4 Å². The highest BCUT2D eigenvalue weighted by molar-refractivity contribution is 6.62. The van der Waals surface area contributed by atoms with Gasteiger partial charge >= 0.3 is 7.12 Å². The monoisotopic (exact) mass is 355 g/mol. The maximum absolute atomic E-state index is 6.16. The van der Waals surface area contributed by atoms with Crippen LogP contribution in [0.3, 0.4) is 0 Å². The van der Waals surface area contributed by atoms with Crippen LogP contribution in [0.15, 0.2) is 18.8 Å². The van der Waals surface area contributed by atoms with Gasteiger partial charge in [0.25, 0.3) is 0 Å². The molecule has 4 heterocycles. The molecule has 0 amide bonds. The number of rotatable bonds is 3. The Hall–Kier alpha value is -1.70. The number of hydrogen-bond acceptors (Lipinski definition) is 5. The van der Waals surface area contributed by atoms with E-state index in [1.165, 1.54) is 0 Å². The molecule has 2 saturated heterocycles. The van der Waals surface area contributed by atoms with Crippen LogP contribution >= 0.6 is 0 Å². The summed E-state index contributed by atoms with van der Waals surface area (Å²) >= 11 is 0. The molecule has 4 rings (SSSR count). The van der Waals surface area contributed by atoms with Crippen LogP contribution in [0.25, 0.3) is 17.1 Å². The topological polar surface area (TPSA) is 58.4 Å². The van der Waals surface area contributed by atoms with Crippen LogP contribution < -0.4 is 5.46 Å². The molecule has 138 valence electrons. The van der Waals surface area contributed by atoms with E-state index in [1.807, 2.05) is 44.6 Å². The van der Waals surface area contributed by atoms with Crippen molar-refractivity contribution >= 4 is 29.7 Å². The van der Waals surface area contributed by atoms with Gasteiger partial charge in [-0.1, -0.05) is 6.58 Å². The first-order valence-electron chi connectivity index (χ1n) is 9.30. The van der Waals surface area contributed by atoms with Gasteiger partial charge in [-0.25, -0.2) is 9.67 Å². The number of pyridine rings is 1. The van der Waals surface area contributed by atoms with E-state index in [0.717, 1.165) is 48.1 Å². The van der Waals surface area contributed by atoms with Crippen molar-refractivity contribution in [1.82, 2.24) is 14.8 Å². The molecule has 0 aromatic carbocycles. The molecule has 0 radical (unpaired) electrons. The first-order valence-corrected chi connectivity index (χ1v) is 9.30. The Morgan fingerprint density at radius 1 is 1.23 bits per heavy atom. The summed E-state index contributed by atoms with van der Waals surface area (Å²) in [6.07, 6.45) is 6.71. The third kappa shape index (κ3) is 2.78. The van der Waals surface area contributed by atoms with Crippen LogP contribution in [0, 0.1) is 0 Å². The molecule has 0 N–H and O–H groups in total. The van der Waals surface area contributed by atoms with Crippen LogP contribution in [0.5, 0.6) is 0 Å². The quantitative estimate of drug-likeness (QED) is 0.792. The van der Waals surface area contributed by atoms with E-state index in [0.29, 0.717) is 0 Å². The van der Waals surface area contributed by atoms with Gasteiger partial charge in [0.2, 0.25) is 0 Å². The van der Waals surface area contributed by atoms with Crippen molar-refractivity contribution in [2.24, 2.45) is 0 Å². The minimum Gasteiger partial charge on any atom is -0.399 e. The van der Waals surface area contributed by atoms with Crippen LogP contribution in [0.4, 0.5) is 0 Å². The fourth-order valence-corrected chi connectivity index (χ4v) is 3.44. The van der Waals surface area contributed by atoms with Gasteiger partial charge in [0.15, 0.2) is 11.9 Å². The molecule has 2 aliphatic heterocycles. The second-order valence-electron chi connectivity index (χ2n) is 8.08. The fraction of sp³-hybridized carbons (Fsp3) is 0.579. The highest BCUT2D eigenvalue weighted by atomic mass is 16.7. The zero-order chi connectivity index (χ0) is 18.5. The average Bonchev–Trinajstić information content (AvgIpc) is 3.09. The van der Waals surface area contributed by atoms with Gasteiger partial charge < -0.3 is 14.0 Å². The summed E-state index contributed by atoms with van der Waals surface area (Å²) in [6.45, 7) is 12.9. The molecule has 2 fully saturated rings. The first kappa shape index (κ1) is 17.7. The van der Waals surface area contributed by atoms with Gasteiger partial charge in [0.1, 0.15) is 0 Å². The number of ether oxygens (including phenoxy) is 1. The van der Waals surface area contributed by atoms with Crippen LogP contribution in [0.2, 0.25) is 0 Å². The van der Waals surface area contributed by atoms with Gasteiger partial charge in [-0.05, 0) is 59.1 Å². The third-order valence-corrected chi connectivity index (χ3v) is 5.74. The largest absolute Gasteiger partial charge is 0.496 e. The van der Waals surface area contributed by atoms with Crippen LogP contribution in [-0.2, 0) is 14.0 Å². The van der Waals surface area contributed by atoms with Gasteiger partial charge in [-0.3, -0.25) is 0 Å². The lowest BCUT2D eigenvalue weighted by molar-refractivity contribution is -0.0370. The Balaban J connectivity index is 1.73. The molecule has 0 spiro atoms. The summed E-state index contributed by atoms with van der Waals surface area (Å²) in [5, 5.41) is 5.63. The smallest absolute Gasteiger partial charge is 0.399 e. The Morgan fingerprint density at radius 2 is 1.96 bits per heavy atom. The predicted octanol–water partition coefficient (Wildman–Crippen LogP) is 3.07. The molecule has 1 atom stereocenters. The van der Waals surface area contributed by atoms with Gasteiger partial charge in [0, 0.05) is 23.7 Å². The fourth-order valence-electron chi connectivity index (χ4n) is 3.44. The van der Waals surface area contributed by atoms with Crippen molar-refractivity contribution in [3.63, 3.8) is 0 Å². The van der Waals surface area contributed by atoms with E-state index in [2.05, 4.69) is 16.7 Å². The highest BCUT2D eigenvalue weighted by Crippen LogP contribution is 2.36. The van der Waals surface area contributed by atoms with Crippen molar-refractivity contribution in [3.8, 4) is 0 Å². The molecule has 0 saturated carbocycles. The summed E-state index contributed by atoms with van der Waals surface area (Å²) in [6, 6.07) is 2.05. The molecule has 26 heavy (non-hydrogen) atoms. The second kappa shape index (κ2) is 6.18. The van der Waals surface area contributed by atoms with Crippen molar-refractivity contribution in [2.45, 2.75) is 64.4 Å². The second-order valence-corrected chi connectivity index (χ2v) is 8.08. The summed E-state index contributed by atoms with van der Waals surface area (Å²) in [4.78, 5) is 4.68. The lowest BCUT2D eigenvalue weighted by Gasteiger charge is -2.32. The molecule has 7 heteroatoms. The highest BCUT2D eigenvalue weighted by Gasteiger charge is 2.51. The molecule has 2 aliphatic rings. The van der Waals surface area contributed by atoms with Gasteiger partial charge in [0.05, 0.1) is 16.9 Å². The van der Waals surface area contributed by atoms with Crippen molar-refractivity contribution in [2.75, 3.05) is 6.61 Å². The average molecular weight is 355 g/mol. The SMILES string of the molecule is C=Cc1nn(C2CCCCO2)c2ncc(B3OC(C)(C)C(C)(C)O3)cc12. The maximum Gasteiger partial charge on any atom is 0.496 e. The minimum absolute atomic E-state index is 0.0600. The van der Waals surface area contributed by atoms with Gasteiger partial charge in [-0.2, -0.15) is 5.10 Å². The molecule has 2 aromatic heterocycles. The Bertz CT molecular complexity index is 824. The van der Waals surface area contributed by atoms with Crippen molar-refractivity contribution in [1.29, 1.82) is 0 Å². The lowest BCUT2D eigenvalue weighted by Crippen LogP contribution is -2.41. The first-order chi connectivity index (χ1) is 12.3. The number of hydrogen-bond donors (Lipinski definition) is 0. The van der Waals surface area contributed by atoms with E-state index in [9.17, 15) is 0 Å². The Labute approximate surface area is 154 Å². The maximum atomic E-state index is 6.16. The molecular weight excluding hydrogens is 329 g/mol. The molecule has 1 unspecified atom stereocenters. The predicted molar refractivity (Wildman–Crippen MR) is 102 cm³/mol. The minimum atomic E-state index is -0.441. The Morgan fingerprint density at radius 3 is 2.58 bits per heavy atom. The van der Waals surface area contributed by atoms with Crippen LogP contribution in [0.1, 0.15) is 58.9 Å². The summed E-state index contributed by atoms with van der Waals surface area (Å²) in [5.74, 6) is 0. The molecule has 6 nitrogen and oxygen atoms in total. The normalized spacial score (nSPS) is 24.9. The molecule has 0 bridgehead atoms. The molecular formula is C19H26BN3O3. The summed E-state index contributed by atoms with van der Waals surface area (Å²) < 4.78 is 20.1. The number of aromatic nitrogens is 3. The van der Waals surface area contributed by atoms with E-state index < -0.39 is 7.12 Å². The van der Waals surface area contributed by atoms with Gasteiger partial charge in [-0.15, -0.1) is 0 Å². The molecule has 0 aliphatic carbocycles. The third-order valence-electron chi connectivity index (χ3n) is 5.74. The van der Waals surface area contributed by atoms with E-state index in [1.54, 1.807) is 6.08 Å². The Kier molecular flexibility index (Phi) is 4.21. The molecule has 2 aromatic rings.